The number of likely N-dealkylation sites (tertiary alicyclic amines) is 1. The number of hydrogen-bond donors (Lipinski definition) is 0. The lowest BCUT2D eigenvalue weighted by Crippen LogP contribution is -2.52. The Labute approximate surface area is 172 Å². The van der Waals surface area contributed by atoms with E-state index in [2.05, 4.69) is 16.8 Å². The van der Waals surface area contributed by atoms with Crippen LogP contribution in [0.2, 0.25) is 0 Å². The Bertz CT molecular complexity index is 924. The lowest BCUT2D eigenvalue weighted by atomic mass is 9.96. The smallest absolute Gasteiger partial charge is 0.410 e. The van der Waals surface area contributed by atoms with Crippen LogP contribution >= 0.6 is 0 Å². The number of rotatable bonds is 4. The largest absolute Gasteiger partial charge is 0.444 e. The van der Waals surface area contributed by atoms with Gasteiger partial charge in [0.05, 0.1) is 5.56 Å². The van der Waals surface area contributed by atoms with Crippen LogP contribution in [0, 0.1) is 17.7 Å². The SMILES string of the molecule is CC(C)(C)OC(=O)N1CC[C@H]1CCCc1cncc(C#Cc2ccccc2F)c1. The van der Waals surface area contributed by atoms with Crippen LogP contribution in [0.1, 0.15) is 56.7 Å². The first kappa shape index (κ1) is 20.9. The maximum atomic E-state index is 13.7. The first-order valence-corrected chi connectivity index (χ1v) is 10.0. The van der Waals surface area contributed by atoms with E-state index in [0.717, 1.165) is 43.4 Å². The molecule has 4 nitrogen and oxygen atoms in total. The molecule has 1 saturated heterocycles. The van der Waals surface area contributed by atoms with E-state index in [-0.39, 0.29) is 18.0 Å². The number of halogens is 1. The van der Waals surface area contributed by atoms with Crippen molar-refractivity contribution < 1.29 is 13.9 Å². The van der Waals surface area contributed by atoms with Gasteiger partial charge in [-0.1, -0.05) is 24.0 Å². The van der Waals surface area contributed by atoms with Crippen molar-refractivity contribution in [2.75, 3.05) is 6.54 Å². The Morgan fingerprint density at radius 2 is 2.07 bits per heavy atom. The fourth-order valence-electron chi connectivity index (χ4n) is 3.24. The molecule has 1 amide bonds. The van der Waals surface area contributed by atoms with Crippen LogP contribution in [0.25, 0.3) is 0 Å². The van der Waals surface area contributed by atoms with Crippen molar-refractivity contribution in [1.29, 1.82) is 0 Å². The molecule has 29 heavy (non-hydrogen) atoms. The van der Waals surface area contributed by atoms with Crippen molar-refractivity contribution in [2.45, 2.75) is 58.1 Å². The number of pyridine rings is 1. The van der Waals surface area contributed by atoms with Crippen molar-refractivity contribution in [3.63, 3.8) is 0 Å². The van der Waals surface area contributed by atoms with Gasteiger partial charge in [-0.15, -0.1) is 0 Å². The lowest BCUT2D eigenvalue weighted by Gasteiger charge is -2.41. The number of carbonyl (C=O) groups is 1. The number of nitrogens with zero attached hydrogens (tertiary/aromatic N) is 2. The molecule has 0 spiro atoms. The van der Waals surface area contributed by atoms with E-state index in [1.165, 1.54) is 6.07 Å². The molecule has 0 saturated carbocycles. The molecular weight excluding hydrogens is 367 g/mol. The zero-order chi connectivity index (χ0) is 20.9. The van der Waals surface area contributed by atoms with Gasteiger partial charge >= 0.3 is 6.09 Å². The molecule has 1 aliphatic heterocycles. The molecule has 0 unspecified atom stereocenters. The highest BCUT2D eigenvalue weighted by molar-refractivity contribution is 5.69. The summed E-state index contributed by atoms with van der Waals surface area (Å²) >= 11 is 0. The summed E-state index contributed by atoms with van der Waals surface area (Å²) in [4.78, 5) is 18.3. The van der Waals surface area contributed by atoms with Crippen LogP contribution < -0.4 is 0 Å². The standard InChI is InChI=1S/C24H27FN2O2/c1-24(2,3)29-23(28)27-14-13-21(27)9-6-7-18-15-19(17-26-16-18)11-12-20-8-4-5-10-22(20)25/h4-5,8,10,15-17,21H,6-7,9,13-14H2,1-3H3/t21-/m1/s1. The van der Waals surface area contributed by atoms with Gasteiger partial charge in [-0.2, -0.15) is 0 Å². The summed E-state index contributed by atoms with van der Waals surface area (Å²) in [6, 6.07) is 8.72. The average molecular weight is 394 g/mol. The molecule has 0 aliphatic carbocycles. The van der Waals surface area contributed by atoms with Gasteiger partial charge in [0.25, 0.3) is 0 Å². The maximum Gasteiger partial charge on any atom is 0.410 e. The monoisotopic (exact) mass is 394 g/mol. The number of hydrogen-bond acceptors (Lipinski definition) is 3. The highest BCUT2D eigenvalue weighted by atomic mass is 19.1. The van der Waals surface area contributed by atoms with Crippen LogP contribution in [-0.2, 0) is 11.2 Å². The predicted molar refractivity (Wildman–Crippen MR) is 111 cm³/mol. The Hall–Kier alpha value is -2.87. The molecular formula is C24H27FN2O2. The zero-order valence-electron chi connectivity index (χ0n) is 17.2. The quantitative estimate of drug-likeness (QED) is 0.689. The second-order valence-corrected chi connectivity index (χ2v) is 8.32. The summed E-state index contributed by atoms with van der Waals surface area (Å²) < 4.78 is 19.1. The Kier molecular flexibility index (Phi) is 6.53. The highest BCUT2D eigenvalue weighted by Crippen LogP contribution is 2.25. The molecule has 0 N–H and O–H groups in total. The second kappa shape index (κ2) is 9.09. The van der Waals surface area contributed by atoms with E-state index in [4.69, 9.17) is 4.74 Å². The van der Waals surface area contributed by atoms with Crippen molar-refractivity contribution in [3.8, 4) is 11.8 Å². The predicted octanol–water partition coefficient (Wildman–Crippen LogP) is 4.95. The van der Waals surface area contributed by atoms with Gasteiger partial charge < -0.3 is 9.64 Å². The van der Waals surface area contributed by atoms with Crippen LogP contribution in [0.5, 0.6) is 0 Å². The second-order valence-electron chi connectivity index (χ2n) is 8.32. The molecule has 1 aliphatic rings. The third-order valence-electron chi connectivity index (χ3n) is 4.79. The van der Waals surface area contributed by atoms with E-state index in [0.29, 0.717) is 5.56 Å². The van der Waals surface area contributed by atoms with Gasteiger partial charge in [0.15, 0.2) is 0 Å². The van der Waals surface area contributed by atoms with Crippen LogP contribution in [0.15, 0.2) is 42.7 Å². The Morgan fingerprint density at radius 1 is 1.28 bits per heavy atom. The van der Waals surface area contributed by atoms with Crippen LogP contribution in [0.4, 0.5) is 9.18 Å². The number of ether oxygens (including phenoxy) is 1. The molecule has 1 aromatic carbocycles. The summed E-state index contributed by atoms with van der Waals surface area (Å²) in [5, 5.41) is 0. The van der Waals surface area contributed by atoms with Gasteiger partial charge in [0.2, 0.25) is 0 Å². The molecule has 1 aromatic heterocycles. The summed E-state index contributed by atoms with van der Waals surface area (Å²) in [5.74, 6) is 5.53. The molecule has 5 heteroatoms. The summed E-state index contributed by atoms with van der Waals surface area (Å²) in [5.41, 5.74) is 1.77. The van der Waals surface area contributed by atoms with Crippen molar-refractivity contribution in [2.24, 2.45) is 0 Å². The summed E-state index contributed by atoms with van der Waals surface area (Å²) in [6.07, 6.45) is 7.07. The van der Waals surface area contributed by atoms with E-state index >= 15 is 0 Å². The lowest BCUT2D eigenvalue weighted by molar-refractivity contribution is -0.00692. The fraction of sp³-hybridized carbons (Fsp3) is 0.417. The fourth-order valence-corrected chi connectivity index (χ4v) is 3.24. The number of carbonyl (C=O) groups excluding carboxylic acids is 1. The molecule has 3 rings (SSSR count). The number of amides is 1. The molecule has 152 valence electrons. The third-order valence-corrected chi connectivity index (χ3v) is 4.79. The van der Waals surface area contributed by atoms with Gasteiger partial charge in [0.1, 0.15) is 11.4 Å². The molecule has 2 heterocycles. The third kappa shape index (κ3) is 6.05. The van der Waals surface area contributed by atoms with Gasteiger partial charge in [-0.3, -0.25) is 4.98 Å². The van der Waals surface area contributed by atoms with Crippen LogP contribution in [0.3, 0.4) is 0 Å². The normalized spacial score (nSPS) is 15.9. The molecule has 2 aromatic rings. The van der Waals surface area contributed by atoms with E-state index in [9.17, 15) is 9.18 Å². The number of aryl methyl sites for hydroxylation is 1. The minimum absolute atomic E-state index is 0.221. The van der Waals surface area contributed by atoms with Gasteiger partial charge in [-0.25, -0.2) is 9.18 Å². The zero-order valence-corrected chi connectivity index (χ0v) is 17.2. The first-order valence-electron chi connectivity index (χ1n) is 10.0. The first-order chi connectivity index (χ1) is 13.8. The van der Waals surface area contributed by atoms with Gasteiger partial charge in [0, 0.05) is 30.5 Å². The molecule has 0 bridgehead atoms. The highest BCUT2D eigenvalue weighted by Gasteiger charge is 2.34. The number of aromatic nitrogens is 1. The van der Waals surface area contributed by atoms with Crippen LogP contribution in [-0.4, -0.2) is 34.2 Å². The Balaban J connectivity index is 1.52. The maximum absolute atomic E-state index is 13.7. The Morgan fingerprint density at radius 3 is 2.76 bits per heavy atom. The van der Waals surface area contributed by atoms with Gasteiger partial charge in [-0.05, 0) is 70.2 Å². The molecule has 0 radical (unpaired) electrons. The molecule has 1 fully saturated rings. The topological polar surface area (TPSA) is 42.4 Å². The van der Waals surface area contributed by atoms with E-state index in [1.807, 2.05) is 37.9 Å². The molecule has 1 atom stereocenters. The van der Waals surface area contributed by atoms with E-state index < -0.39 is 5.60 Å². The minimum Gasteiger partial charge on any atom is -0.444 e. The van der Waals surface area contributed by atoms with Crippen molar-refractivity contribution in [3.05, 3.63) is 65.2 Å². The average Bonchev–Trinajstić information content (AvgIpc) is 2.62. The minimum atomic E-state index is -0.465. The van der Waals surface area contributed by atoms with Crippen molar-refractivity contribution >= 4 is 6.09 Å². The van der Waals surface area contributed by atoms with Crippen molar-refractivity contribution in [1.82, 2.24) is 9.88 Å². The summed E-state index contributed by atoms with van der Waals surface area (Å²) in [7, 11) is 0. The summed E-state index contributed by atoms with van der Waals surface area (Å²) in [6.45, 7) is 6.42. The van der Waals surface area contributed by atoms with E-state index in [1.54, 1.807) is 24.4 Å². The number of benzene rings is 1.